The molecular formula is C25H28Cl2N2O2. The Labute approximate surface area is 193 Å². The number of esters is 1. The van der Waals surface area contributed by atoms with Crippen LogP contribution in [0.5, 0.6) is 0 Å². The van der Waals surface area contributed by atoms with Gasteiger partial charge < -0.3 is 9.30 Å². The lowest BCUT2D eigenvalue weighted by molar-refractivity contribution is -0.156. The van der Waals surface area contributed by atoms with Crippen molar-refractivity contribution in [2.75, 3.05) is 0 Å². The molecule has 0 saturated heterocycles. The van der Waals surface area contributed by atoms with Gasteiger partial charge >= 0.3 is 5.97 Å². The van der Waals surface area contributed by atoms with Gasteiger partial charge in [0.05, 0.1) is 11.0 Å². The van der Waals surface area contributed by atoms with Gasteiger partial charge in [0, 0.05) is 15.6 Å². The molecule has 164 valence electrons. The maximum atomic E-state index is 13.1. The van der Waals surface area contributed by atoms with E-state index in [4.69, 9.17) is 32.9 Å². The molecule has 3 aromatic rings. The van der Waals surface area contributed by atoms with E-state index in [2.05, 4.69) is 20.8 Å². The lowest BCUT2D eigenvalue weighted by Crippen LogP contribution is -2.36. The number of rotatable bonds is 5. The molecule has 0 unspecified atom stereocenters. The summed E-state index contributed by atoms with van der Waals surface area (Å²) in [4.78, 5) is 17.8. The van der Waals surface area contributed by atoms with Gasteiger partial charge in [0.1, 0.15) is 18.5 Å². The highest BCUT2D eigenvalue weighted by molar-refractivity contribution is 6.35. The van der Waals surface area contributed by atoms with Gasteiger partial charge in [-0.1, -0.05) is 62.5 Å². The number of ether oxygens (including phenoxy) is 1. The predicted octanol–water partition coefficient (Wildman–Crippen LogP) is 7.01. The highest BCUT2D eigenvalue weighted by Crippen LogP contribution is 2.36. The number of hydrogen-bond acceptors (Lipinski definition) is 3. The van der Waals surface area contributed by atoms with Gasteiger partial charge in [0.2, 0.25) is 0 Å². The monoisotopic (exact) mass is 458 g/mol. The average Bonchev–Trinajstić information content (AvgIpc) is 3.05. The van der Waals surface area contributed by atoms with Crippen molar-refractivity contribution < 1.29 is 9.53 Å². The van der Waals surface area contributed by atoms with Crippen molar-refractivity contribution in [3.05, 3.63) is 52.5 Å². The summed E-state index contributed by atoms with van der Waals surface area (Å²) in [5.74, 6) is 1.89. The second kappa shape index (κ2) is 9.22. The second-order valence-corrected chi connectivity index (χ2v) is 9.90. The van der Waals surface area contributed by atoms with Gasteiger partial charge in [-0.3, -0.25) is 4.79 Å². The molecule has 0 bridgehead atoms. The number of nitrogens with zero attached hydrogens (tertiary/aromatic N) is 2. The molecule has 0 aliphatic heterocycles. The van der Waals surface area contributed by atoms with Crippen LogP contribution in [0.1, 0.15) is 40.0 Å². The van der Waals surface area contributed by atoms with Crippen LogP contribution in [-0.2, 0) is 16.1 Å². The van der Waals surface area contributed by atoms with Crippen molar-refractivity contribution in [1.29, 1.82) is 0 Å². The molecule has 1 aliphatic carbocycles. The minimum absolute atomic E-state index is 0.0323. The Morgan fingerprint density at radius 2 is 1.87 bits per heavy atom. The number of carbonyl (C=O) groups excluding carboxylic acids is 1. The number of carbonyl (C=O) groups is 1. The first kappa shape index (κ1) is 22.2. The minimum Gasteiger partial charge on any atom is -0.461 e. The number of fused-ring (bicyclic) bond motifs is 1. The van der Waals surface area contributed by atoms with Crippen molar-refractivity contribution in [3.63, 3.8) is 0 Å². The van der Waals surface area contributed by atoms with Crippen molar-refractivity contribution in [2.45, 2.75) is 52.7 Å². The van der Waals surface area contributed by atoms with Crippen LogP contribution in [0.4, 0.5) is 0 Å². The topological polar surface area (TPSA) is 44.1 Å². The third kappa shape index (κ3) is 4.91. The third-order valence-electron chi connectivity index (χ3n) is 6.31. The smallest absolute Gasteiger partial charge is 0.326 e. The van der Waals surface area contributed by atoms with Crippen LogP contribution in [0, 0.1) is 17.8 Å². The average molecular weight is 459 g/mol. The summed E-state index contributed by atoms with van der Waals surface area (Å²) in [6.07, 6.45) is 3.20. The number of imidazole rings is 1. The fraction of sp³-hybridized carbons (Fsp3) is 0.440. The Hall–Kier alpha value is -2.04. The summed E-state index contributed by atoms with van der Waals surface area (Å²) in [5, 5.41) is 1.05. The molecular weight excluding hydrogens is 431 g/mol. The zero-order valence-electron chi connectivity index (χ0n) is 18.1. The maximum absolute atomic E-state index is 13.1. The number of halogens is 2. The molecule has 0 radical (unpaired) electrons. The fourth-order valence-electron chi connectivity index (χ4n) is 4.72. The molecule has 1 aromatic heterocycles. The van der Waals surface area contributed by atoms with Crippen molar-refractivity contribution in [3.8, 4) is 11.4 Å². The normalized spacial score (nSPS) is 21.5. The summed E-state index contributed by atoms with van der Waals surface area (Å²) in [6.45, 7) is 6.76. The molecule has 31 heavy (non-hydrogen) atoms. The molecule has 1 aliphatic rings. The molecule has 3 atom stereocenters. The molecule has 4 rings (SSSR count). The zero-order chi connectivity index (χ0) is 22.1. The Morgan fingerprint density at radius 3 is 2.58 bits per heavy atom. The van der Waals surface area contributed by atoms with E-state index >= 15 is 0 Å². The third-order valence-corrected chi connectivity index (χ3v) is 6.74. The maximum Gasteiger partial charge on any atom is 0.326 e. The first-order valence-electron chi connectivity index (χ1n) is 10.9. The Morgan fingerprint density at radius 1 is 1.16 bits per heavy atom. The van der Waals surface area contributed by atoms with Crippen LogP contribution in [0.3, 0.4) is 0 Å². The van der Waals surface area contributed by atoms with Gasteiger partial charge in [0.15, 0.2) is 0 Å². The summed E-state index contributed by atoms with van der Waals surface area (Å²) in [6, 6.07) is 13.1. The lowest BCUT2D eigenvalue weighted by Gasteiger charge is -2.36. The van der Waals surface area contributed by atoms with E-state index in [9.17, 15) is 4.79 Å². The number of aromatic nitrogens is 2. The molecule has 0 amide bonds. The summed E-state index contributed by atoms with van der Waals surface area (Å²) in [5.41, 5.74) is 2.46. The van der Waals surface area contributed by atoms with E-state index in [1.807, 2.05) is 41.0 Å². The first-order chi connectivity index (χ1) is 14.8. The summed E-state index contributed by atoms with van der Waals surface area (Å²) in [7, 11) is 0. The van der Waals surface area contributed by atoms with E-state index in [0.717, 1.165) is 29.4 Å². The van der Waals surface area contributed by atoms with Crippen LogP contribution >= 0.6 is 23.2 Å². The van der Waals surface area contributed by atoms with Gasteiger partial charge in [-0.05, 0) is 60.9 Å². The van der Waals surface area contributed by atoms with Crippen LogP contribution < -0.4 is 0 Å². The standard InChI is InChI=1S/C25H28Cl2N2O2/c1-15(2)20-9-8-16(3)10-23(20)31-24(30)14-29-22-7-5-4-6-21(22)28-25(29)17-11-18(26)13-19(27)12-17/h4-7,11-13,15-16,20,23H,8-10,14H2,1-3H3/t16-,20+,23-/m1/s1. The van der Waals surface area contributed by atoms with Crippen LogP contribution in [0.15, 0.2) is 42.5 Å². The largest absolute Gasteiger partial charge is 0.461 e. The number of hydrogen-bond donors (Lipinski definition) is 0. The molecule has 0 spiro atoms. The van der Waals surface area contributed by atoms with Gasteiger partial charge in [-0.25, -0.2) is 4.98 Å². The lowest BCUT2D eigenvalue weighted by atomic mass is 9.75. The van der Waals surface area contributed by atoms with Crippen LogP contribution in [0.2, 0.25) is 10.0 Å². The highest BCUT2D eigenvalue weighted by Gasteiger charge is 2.33. The van der Waals surface area contributed by atoms with Crippen LogP contribution in [0.25, 0.3) is 22.4 Å². The molecule has 1 heterocycles. The molecule has 2 aromatic carbocycles. The van der Waals surface area contributed by atoms with Crippen LogP contribution in [-0.4, -0.2) is 21.6 Å². The second-order valence-electron chi connectivity index (χ2n) is 9.02. The Kier molecular flexibility index (Phi) is 6.59. The zero-order valence-corrected chi connectivity index (χ0v) is 19.7. The fourth-order valence-corrected chi connectivity index (χ4v) is 5.25. The van der Waals surface area contributed by atoms with Gasteiger partial charge in [-0.2, -0.15) is 0 Å². The van der Waals surface area contributed by atoms with Gasteiger partial charge in [-0.15, -0.1) is 0 Å². The van der Waals surface area contributed by atoms with Crippen molar-refractivity contribution in [1.82, 2.24) is 9.55 Å². The highest BCUT2D eigenvalue weighted by atomic mass is 35.5. The van der Waals surface area contributed by atoms with Gasteiger partial charge in [0.25, 0.3) is 0 Å². The Balaban J connectivity index is 1.65. The number of benzene rings is 2. The molecule has 1 saturated carbocycles. The molecule has 4 nitrogen and oxygen atoms in total. The van der Waals surface area contributed by atoms with Crippen molar-refractivity contribution in [2.24, 2.45) is 17.8 Å². The number of para-hydroxylation sites is 2. The predicted molar refractivity (Wildman–Crippen MR) is 126 cm³/mol. The van der Waals surface area contributed by atoms with E-state index in [1.54, 1.807) is 6.07 Å². The quantitative estimate of drug-likeness (QED) is 0.386. The molecule has 6 heteroatoms. The van der Waals surface area contributed by atoms with E-state index in [0.29, 0.717) is 33.6 Å². The minimum atomic E-state index is -0.234. The summed E-state index contributed by atoms with van der Waals surface area (Å²) >= 11 is 12.5. The molecule has 1 fully saturated rings. The van der Waals surface area contributed by atoms with Crippen molar-refractivity contribution >= 4 is 40.2 Å². The Bertz CT molecular complexity index is 1070. The van der Waals surface area contributed by atoms with E-state index < -0.39 is 0 Å². The van der Waals surface area contributed by atoms with E-state index in [-0.39, 0.29) is 18.6 Å². The first-order valence-corrected chi connectivity index (χ1v) is 11.7. The summed E-state index contributed by atoms with van der Waals surface area (Å²) < 4.78 is 7.96. The van der Waals surface area contributed by atoms with E-state index in [1.165, 1.54) is 6.42 Å². The molecule has 0 N–H and O–H groups in total. The SMILES string of the molecule is CC(C)[C@@H]1CC[C@@H](C)C[C@H]1OC(=O)Cn1c(-c2cc(Cl)cc(Cl)c2)nc2ccccc21.